The lowest BCUT2D eigenvalue weighted by atomic mass is 9.98. The summed E-state index contributed by atoms with van der Waals surface area (Å²) in [4.78, 5) is 22.4. The van der Waals surface area contributed by atoms with Crippen LogP contribution in [0.1, 0.15) is 84.0 Å². The zero-order chi connectivity index (χ0) is 17.7. The first-order valence-electron chi connectivity index (χ1n) is 8.80. The Morgan fingerprint density at radius 2 is 1.43 bits per heavy atom. The van der Waals surface area contributed by atoms with Crippen LogP contribution in [0.15, 0.2) is 0 Å². The highest BCUT2D eigenvalue weighted by Crippen LogP contribution is 2.13. The minimum absolute atomic E-state index is 0.0829. The van der Waals surface area contributed by atoms with Crippen molar-refractivity contribution in [2.75, 3.05) is 0 Å². The average Bonchev–Trinajstić information content (AvgIpc) is 2.44. The van der Waals surface area contributed by atoms with Crippen LogP contribution in [0.4, 0.5) is 0 Å². The number of rotatable bonds is 15. The fourth-order valence-electron chi connectivity index (χ4n) is 2.53. The molecule has 0 aromatic rings. The van der Waals surface area contributed by atoms with E-state index in [-0.39, 0.29) is 6.42 Å². The molecule has 0 saturated carbocycles. The second kappa shape index (κ2) is 12.4. The number of aliphatic carboxylic acids is 1. The van der Waals surface area contributed by atoms with Crippen LogP contribution in [0.2, 0.25) is 0 Å². The van der Waals surface area contributed by atoms with E-state index in [1.54, 1.807) is 0 Å². The number of nitrogens with two attached hydrogens (primary N) is 2. The largest absolute Gasteiger partial charge is 0.479 e. The Kier molecular flexibility index (Phi) is 11.9. The van der Waals surface area contributed by atoms with Crippen LogP contribution in [0.25, 0.3) is 0 Å². The Morgan fingerprint density at radius 3 is 1.91 bits per heavy atom. The molecular weight excluding hydrogens is 296 g/mol. The molecule has 0 rings (SSSR count). The van der Waals surface area contributed by atoms with Crippen molar-refractivity contribution in [3.05, 3.63) is 0 Å². The lowest BCUT2D eigenvalue weighted by Crippen LogP contribution is -2.57. The van der Waals surface area contributed by atoms with Crippen LogP contribution in [0, 0.1) is 0 Å². The highest BCUT2D eigenvalue weighted by molar-refractivity contribution is 5.88. The quantitative estimate of drug-likeness (QED) is 0.269. The smallest absolute Gasteiger partial charge is 0.338 e. The third-order valence-corrected chi connectivity index (χ3v) is 3.99. The first kappa shape index (κ1) is 22.0. The Hall–Kier alpha value is -0.980. The summed E-state index contributed by atoms with van der Waals surface area (Å²) in [5.74, 6) is -1.83. The maximum Gasteiger partial charge on any atom is 0.338 e. The number of carbonyl (C=O) groups is 2. The van der Waals surface area contributed by atoms with Gasteiger partial charge in [0.15, 0.2) is 5.66 Å². The van der Waals surface area contributed by atoms with E-state index in [1.807, 2.05) is 0 Å². The van der Waals surface area contributed by atoms with E-state index in [4.69, 9.17) is 16.6 Å². The van der Waals surface area contributed by atoms with Crippen molar-refractivity contribution in [3.63, 3.8) is 0 Å². The Morgan fingerprint density at radius 1 is 0.957 bits per heavy atom. The molecule has 0 bridgehead atoms. The molecule has 1 atom stereocenters. The maximum atomic E-state index is 11.7. The predicted molar refractivity (Wildman–Crippen MR) is 90.8 cm³/mol. The number of carboxylic acid groups (broad SMARTS) is 1. The van der Waals surface area contributed by atoms with Gasteiger partial charge in [-0.3, -0.25) is 4.79 Å². The molecule has 6 nitrogen and oxygen atoms in total. The summed E-state index contributed by atoms with van der Waals surface area (Å²) in [7, 11) is 0. The number of aliphatic hydroxyl groups excluding tert-OH is 1. The SMILES string of the molecule is CCCCCCCCCCCC(O)CC(=O)CC(N)(N)C(=O)O. The van der Waals surface area contributed by atoms with Crippen LogP contribution < -0.4 is 11.5 Å². The van der Waals surface area contributed by atoms with Crippen LogP contribution in [-0.2, 0) is 9.59 Å². The molecule has 23 heavy (non-hydrogen) atoms. The fraction of sp³-hybridized carbons (Fsp3) is 0.882. The molecule has 0 aromatic heterocycles. The number of unbranched alkanes of at least 4 members (excludes halogenated alkanes) is 8. The molecule has 6 N–H and O–H groups in total. The fourth-order valence-corrected chi connectivity index (χ4v) is 2.53. The van der Waals surface area contributed by atoms with E-state index in [0.717, 1.165) is 19.3 Å². The van der Waals surface area contributed by atoms with E-state index in [1.165, 1.54) is 38.5 Å². The molecule has 6 heteroatoms. The predicted octanol–water partition coefficient (Wildman–Crippen LogP) is 2.32. The van der Waals surface area contributed by atoms with Gasteiger partial charge in [-0.25, -0.2) is 4.79 Å². The van der Waals surface area contributed by atoms with Crippen molar-refractivity contribution in [3.8, 4) is 0 Å². The number of hydrogen-bond donors (Lipinski definition) is 4. The first-order valence-corrected chi connectivity index (χ1v) is 8.80. The molecule has 0 spiro atoms. The van der Waals surface area contributed by atoms with Gasteiger partial charge in [0.1, 0.15) is 5.78 Å². The number of aliphatic hydroxyl groups is 1. The van der Waals surface area contributed by atoms with E-state index in [9.17, 15) is 14.7 Å². The molecule has 0 aliphatic carbocycles. The van der Waals surface area contributed by atoms with Gasteiger partial charge in [-0.2, -0.15) is 0 Å². The van der Waals surface area contributed by atoms with Crippen LogP contribution in [0.3, 0.4) is 0 Å². The monoisotopic (exact) mass is 330 g/mol. The zero-order valence-corrected chi connectivity index (χ0v) is 14.4. The average molecular weight is 330 g/mol. The van der Waals surface area contributed by atoms with Gasteiger partial charge in [-0.1, -0.05) is 64.7 Å². The summed E-state index contributed by atoms with van der Waals surface area (Å²) >= 11 is 0. The summed E-state index contributed by atoms with van der Waals surface area (Å²) in [6.07, 6.45) is 10.0. The molecule has 0 aliphatic heterocycles. The number of hydrogen-bond acceptors (Lipinski definition) is 5. The van der Waals surface area contributed by atoms with E-state index < -0.39 is 29.9 Å². The maximum absolute atomic E-state index is 11.7. The van der Waals surface area contributed by atoms with Crippen molar-refractivity contribution in [2.24, 2.45) is 11.5 Å². The van der Waals surface area contributed by atoms with Gasteiger partial charge in [-0.05, 0) is 6.42 Å². The van der Waals surface area contributed by atoms with Gasteiger partial charge >= 0.3 is 5.97 Å². The van der Waals surface area contributed by atoms with E-state index in [2.05, 4.69) is 6.92 Å². The highest BCUT2D eigenvalue weighted by Gasteiger charge is 2.32. The topological polar surface area (TPSA) is 127 Å². The molecule has 0 aromatic carbocycles. The second-order valence-electron chi connectivity index (χ2n) is 6.54. The summed E-state index contributed by atoms with van der Waals surface area (Å²) < 4.78 is 0. The molecule has 0 amide bonds. The summed E-state index contributed by atoms with van der Waals surface area (Å²) in [5.41, 5.74) is 8.57. The first-order chi connectivity index (χ1) is 10.8. The normalized spacial score (nSPS) is 13.0. The van der Waals surface area contributed by atoms with E-state index >= 15 is 0 Å². The number of carbonyl (C=O) groups excluding carboxylic acids is 1. The van der Waals surface area contributed by atoms with Gasteiger partial charge in [-0.15, -0.1) is 0 Å². The summed E-state index contributed by atoms with van der Waals surface area (Å²) in [6, 6.07) is 0. The second-order valence-corrected chi connectivity index (χ2v) is 6.54. The highest BCUT2D eigenvalue weighted by atomic mass is 16.4. The van der Waals surface area contributed by atoms with Crippen molar-refractivity contribution in [1.82, 2.24) is 0 Å². The number of Topliss-reactive ketones (excluding diaryl/α,β-unsaturated/α-hetero) is 1. The molecular formula is C17H34N2O4. The van der Waals surface area contributed by atoms with Crippen LogP contribution in [-0.4, -0.2) is 33.7 Å². The minimum Gasteiger partial charge on any atom is -0.479 e. The Bertz CT molecular complexity index is 345. The molecule has 1 unspecified atom stereocenters. The zero-order valence-electron chi connectivity index (χ0n) is 14.4. The Balaban J connectivity index is 3.62. The standard InChI is InChI=1S/C17H34N2O4/c1-2-3-4-5-6-7-8-9-10-11-14(20)12-15(21)13-17(18,19)16(22)23/h14,20H,2-13,18-19H2,1H3,(H,22,23). The third kappa shape index (κ3) is 12.1. The van der Waals surface area contributed by atoms with Crippen LogP contribution >= 0.6 is 0 Å². The molecule has 0 heterocycles. The van der Waals surface area contributed by atoms with Crippen molar-refractivity contribution in [1.29, 1.82) is 0 Å². The van der Waals surface area contributed by atoms with Gasteiger partial charge in [0.25, 0.3) is 0 Å². The Labute approximate surface area is 139 Å². The number of ketones is 1. The minimum atomic E-state index is -2.05. The summed E-state index contributed by atoms with van der Waals surface area (Å²) in [5, 5.41) is 18.6. The van der Waals surface area contributed by atoms with Gasteiger partial charge in [0, 0.05) is 12.8 Å². The van der Waals surface area contributed by atoms with Crippen molar-refractivity contribution in [2.45, 2.75) is 95.7 Å². The molecule has 0 fully saturated rings. The molecule has 136 valence electrons. The van der Waals surface area contributed by atoms with Gasteiger partial charge in [0.2, 0.25) is 0 Å². The van der Waals surface area contributed by atoms with Crippen molar-refractivity contribution >= 4 is 11.8 Å². The lowest BCUT2D eigenvalue weighted by Gasteiger charge is -2.18. The molecule has 0 radical (unpaired) electrons. The van der Waals surface area contributed by atoms with Gasteiger partial charge < -0.3 is 21.7 Å². The van der Waals surface area contributed by atoms with Crippen LogP contribution in [0.5, 0.6) is 0 Å². The molecule has 0 saturated heterocycles. The van der Waals surface area contributed by atoms with Gasteiger partial charge in [0.05, 0.1) is 6.10 Å². The molecule has 0 aliphatic rings. The van der Waals surface area contributed by atoms with E-state index in [0.29, 0.717) is 6.42 Å². The van der Waals surface area contributed by atoms with Crippen molar-refractivity contribution < 1.29 is 19.8 Å². The lowest BCUT2D eigenvalue weighted by molar-refractivity contribution is -0.145. The third-order valence-electron chi connectivity index (χ3n) is 3.99. The summed E-state index contributed by atoms with van der Waals surface area (Å²) in [6.45, 7) is 2.21. The number of carboxylic acids is 1.